The maximum Gasteiger partial charge on any atom is 0.273 e. The van der Waals surface area contributed by atoms with E-state index in [1.165, 1.54) is 6.07 Å². The van der Waals surface area contributed by atoms with Crippen LogP contribution in [0.4, 0.5) is 0 Å². The van der Waals surface area contributed by atoms with Gasteiger partial charge in [0.05, 0.1) is 11.6 Å². The topological polar surface area (TPSA) is 68.4 Å². The first kappa shape index (κ1) is 18.0. The summed E-state index contributed by atoms with van der Waals surface area (Å²) in [4.78, 5) is 29.2. The molecular weight excluding hydrogens is 352 g/mol. The molecule has 0 saturated heterocycles. The number of amides is 1. The zero-order chi connectivity index (χ0) is 19.8. The van der Waals surface area contributed by atoms with E-state index in [0.29, 0.717) is 5.65 Å². The largest absolute Gasteiger partial charge is 0.348 e. The normalized spacial score (nSPS) is 13.5. The molecule has 2 heterocycles. The van der Waals surface area contributed by atoms with E-state index >= 15 is 0 Å². The molecule has 142 valence electrons. The van der Waals surface area contributed by atoms with E-state index in [1.807, 2.05) is 84.6 Å². The highest BCUT2D eigenvalue weighted by atomic mass is 16.2. The van der Waals surface area contributed by atoms with Gasteiger partial charge in [-0.15, -0.1) is 0 Å². The molecule has 0 aliphatic rings. The number of nitrogens with zero attached hydrogens (tertiary/aromatic N) is 3. The number of benzene rings is 2. The van der Waals surface area contributed by atoms with Gasteiger partial charge in [-0.25, -0.2) is 4.52 Å². The molecule has 6 heteroatoms. The van der Waals surface area contributed by atoms with Crippen LogP contribution in [0.25, 0.3) is 16.6 Å². The molecule has 0 fully saturated rings. The highest BCUT2D eigenvalue weighted by Gasteiger charge is 2.23. The molecule has 0 aliphatic heterocycles. The van der Waals surface area contributed by atoms with Crippen LogP contribution in [0.1, 0.15) is 37.2 Å². The van der Waals surface area contributed by atoms with Gasteiger partial charge in [0.1, 0.15) is 6.04 Å². The lowest BCUT2D eigenvalue weighted by atomic mass is 10.1. The van der Waals surface area contributed by atoms with E-state index in [4.69, 9.17) is 0 Å². The number of para-hydroxylation sites is 1. The molecule has 0 spiro atoms. The Kier molecular flexibility index (Phi) is 4.47. The Morgan fingerprint density at radius 3 is 2.46 bits per heavy atom. The first-order chi connectivity index (χ1) is 13.5. The Bertz CT molecular complexity index is 1220. The fraction of sp³-hybridized carbons (Fsp3) is 0.227. The number of carbonyl (C=O) groups is 1. The minimum absolute atomic E-state index is 0.0999. The summed E-state index contributed by atoms with van der Waals surface area (Å²) in [5.74, 6) is -0.0999. The summed E-state index contributed by atoms with van der Waals surface area (Å²) in [6.07, 6.45) is 0. The second-order valence-corrected chi connectivity index (χ2v) is 7.05. The molecule has 2 atom stereocenters. The number of aryl methyl sites for hydroxylation is 1. The Morgan fingerprint density at radius 2 is 1.71 bits per heavy atom. The lowest BCUT2D eigenvalue weighted by Crippen LogP contribution is -2.34. The van der Waals surface area contributed by atoms with Crippen molar-refractivity contribution in [3.8, 4) is 0 Å². The number of nitrogens with one attached hydrogen (secondary N) is 1. The Hall–Kier alpha value is -3.41. The van der Waals surface area contributed by atoms with E-state index in [-0.39, 0.29) is 17.5 Å². The van der Waals surface area contributed by atoms with Crippen LogP contribution in [0.5, 0.6) is 0 Å². The predicted molar refractivity (Wildman–Crippen MR) is 109 cm³/mol. The molecule has 2 aromatic heterocycles. The van der Waals surface area contributed by atoms with E-state index < -0.39 is 6.04 Å². The van der Waals surface area contributed by atoms with Gasteiger partial charge in [-0.05, 0) is 38.5 Å². The van der Waals surface area contributed by atoms with Gasteiger partial charge in [0.2, 0.25) is 5.91 Å². The van der Waals surface area contributed by atoms with Crippen molar-refractivity contribution in [1.29, 1.82) is 0 Å². The fourth-order valence-electron chi connectivity index (χ4n) is 3.66. The summed E-state index contributed by atoms with van der Waals surface area (Å²) < 4.78 is 3.75. The lowest BCUT2D eigenvalue weighted by Gasteiger charge is -2.21. The third-order valence-corrected chi connectivity index (χ3v) is 5.10. The molecule has 0 saturated carbocycles. The van der Waals surface area contributed by atoms with Crippen molar-refractivity contribution in [3.63, 3.8) is 0 Å². The van der Waals surface area contributed by atoms with Crippen molar-refractivity contribution in [2.45, 2.75) is 32.9 Å². The Balaban J connectivity index is 1.79. The predicted octanol–water partition coefficient (Wildman–Crippen LogP) is 3.40. The summed E-state index contributed by atoms with van der Waals surface area (Å²) >= 11 is 0. The third-order valence-electron chi connectivity index (χ3n) is 5.10. The van der Waals surface area contributed by atoms with Crippen LogP contribution in [0.2, 0.25) is 0 Å². The number of aromatic nitrogens is 3. The van der Waals surface area contributed by atoms with Crippen molar-refractivity contribution < 1.29 is 4.79 Å². The SMILES string of the molecule is Cc1cc(=O)nc2c3ccccc3n([C@@H](C)C(=O)N[C@H](C)c3ccccc3)n12. The smallest absolute Gasteiger partial charge is 0.273 e. The molecule has 0 radical (unpaired) electrons. The van der Waals surface area contributed by atoms with Gasteiger partial charge in [-0.3, -0.25) is 14.3 Å². The van der Waals surface area contributed by atoms with Crippen LogP contribution in [-0.2, 0) is 4.79 Å². The summed E-state index contributed by atoms with van der Waals surface area (Å²) in [6.45, 7) is 5.68. The van der Waals surface area contributed by atoms with Crippen molar-refractivity contribution >= 4 is 22.5 Å². The minimum Gasteiger partial charge on any atom is -0.348 e. The quantitative estimate of drug-likeness (QED) is 0.595. The Morgan fingerprint density at radius 1 is 1.04 bits per heavy atom. The molecule has 28 heavy (non-hydrogen) atoms. The number of carbonyl (C=O) groups excluding carboxylic acids is 1. The lowest BCUT2D eigenvalue weighted by molar-refractivity contribution is -0.124. The highest BCUT2D eigenvalue weighted by molar-refractivity contribution is 5.94. The second kappa shape index (κ2) is 6.96. The first-order valence-corrected chi connectivity index (χ1v) is 9.32. The van der Waals surface area contributed by atoms with E-state index in [1.54, 1.807) is 0 Å². The first-order valence-electron chi connectivity index (χ1n) is 9.32. The van der Waals surface area contributed by atoms with Crippen LogP contribution in [-0.4, -0.2) is 20.1 Å². The maximum absolute atomic E-state index is 13.1. The summed E-state index contributed by atoms with van der Waals surface area (Å²) in [7, 11) is 0. The van der Waals surface area contributed by atoms with Gasteiger partial charge in [0.15, 0.2) is 5.65 Å². The zero-order valence-corrected chi connectivity index (χ0v) is 16.1. The summed E-state index contributed by atoms with van der Waals surface area (Å²) in [5.41, 5.74) is 2.93. The zero-order valence-electron chi connectivity index (χ0n) is 16.1. The van der Waals surface area contributed by atoms with E-state index in [0.717, 1.165) is 22.2 Å². The van der Waals surface area contributed by atoms with E-state index in [9.17, 15) is 9.59 Å². The molecule has 0 bridgehead atoms. The van der Waals surface area contributed by atoms with E-state index in [2.05, 4.69) is 10.3 Å². The molecule has 1 N–H and O–H groups in total. The molecule has 6 nitrogen and oxygen atoms in total. The molecule has 0 aliphatic carbocycles. The van der Waals surface area contributed by atoms with Crippen molar-refractivity contribution in [3.05, 3.63) is 82.3 Å². The highest BCUT2D eigenvalue weighted by Crippen LogP contribution is 2.25. The minimum atomic E-state index is -0.489. The summed E-state index contributed by atoms with van der Waals surface area (Å²) in [5, 5.41) is 3.94. The second-order valence-electron chi connectivity index (χ2n) is 7.05. The maximum atomic E-state index is 13.1. The molecule has 2 aromatic carbocycles. The van der Waals surface area contributed by atoms with Crippen molar-refractivity contribution in [2.75, 3.05) is 0 Å². The van der Waals surface area contributed by atoms with Crippen molar-refractivity contribution in [1.82, 2.24) is 19.5 Å². The van der Waals surface area contributed by atoms with Gasteiger partial charge in [-0.1, -0.05) is 42.5 Å². The fourth-order valence-corrected chi connectivity index (χ4v) is 3.66. The number of hydrogen-bond acceptors (Lipinski definition) is 3. The molecule has 1 amide bonds. The number of rotatable bonds is 4. The van der Waals surface area contributed by atoms with Crippen molar-refractivity contribution in [2.24, 2.45) is 0 Å². The number of fused-ring (bicyclic) bond motifs is 3. The molecular formula is C22H22N4O2. The Labute approximate surface area is 162 Å². The monoisotopic (exact) mass is 374 g/mol. The average Bonchev–Trinajstić information content (AvgIpc) is 3.02. The number of hydrogen-bond donors (Lipinski definition) is 1. The van der Waals surface area contributed by atoms with Crippen LogP contribution in [0, 0.1) is 6.92 Å². The van der Waals surface area contributed by atoms with Crippen LogP contribution >= 0.6 is 0 Å². The summed E-state index contributed by atoms with van der Waals surface area (Å²) in [6, 6.07) is 18.4. The average molecular weight is 374 g/mol. The third kappa shape index (κ3) is 2.97. The molecule has 0 unspecified atom stereocenters. The van der Waals surface area contributed by atoms with Gasteiger partial charge >= 0.3 is 0 Å². The van der Waals surface area contributed by atoms with Gasteiger partial charge < -0.3 is 5.32 Å². The molecule has 4 rings (SSSR count). The van der Waals surface area contributed by atoms with Gasteiger partial charge in [0.25, 0.3) is 5.56 Å². The van der Waals surface area contributed by atoms with Gasteiger partial charge in [-0.2, -0.15) is 4.98 Å². The van der Waals surface area contributed by atoms with Gasteiger partial charge in [0, 0.05) is 17.1 Å². The van der Waals surface area contributed by atoms with Crippen LogP contribution in [0.3, 0.4) is 0 Å². The van der Waals surface area contributed by atoms with Crippen LogP contribution in [0.15, 0.2) is 65.5 Å². The van der Waals surface area contributed by atoms with Crippen LogP contribution < -0.4 is 10.9 Å². The standard InChI is InChI=1S/C22H22N4O2/c1-14-13-20(27)24-21-18-11-7-8-12-19(18)26(25(14)21)16(3)22(28)23-15(2)17-9-5-4-6-10-17/h4-13,15-16H,1-3H3,(H,23,28)/t15-,16+/m1/s1. The molecule has 4 aromatic rings.